The SMILES string of the molecule is C[C@H]1CN(c2ccc(CNC(=O)[C@@H](C)NC(N)=O)cn2)CCO1. The minimum Gasteiger partial charge on any atom is -0.375 e. The van der Waals surface area contributed by atoms with Crippen molar-refractivity contribution in [3.63, 3.8) is 0 Å². The van der Waals surface area contributed by atoms with E-state index >= 15 is 0 Å². The second-order valence-corrected chi connectivity index (χ2v) is 5.60. The Morgan fingerprint density at radius 1 is 1.52 bits per heavy atom. The van der Waals surface area contributed by atoms with Crippen molar-refractivity contribution < 1.29 is 14.3 Å². The zero-order valence-electron chi connectivity index (χ0n) is 13.4. The maximum absolute atomic E-state index is 11.8. The first-order valence-corrected chi connectivity index (χ1v) is 7.61. The van der Waals surface area contributed by atoms with Crippen LogP contribution in [-0.2, 0) is 16.1 Å². The van der Waals surface area contributed by atoms with Crippen LogP contribution in [-0.4, -0.2) is 48.8 Å². The van der Waals surface area contributed by atoms with Gasteiger partial charge in [0, 0.05) is 25.8 Å². The number of aromatic nitrogens is 1. The summed E-state index contributed by atoms with van der Waals surface area (Å²) in [7, 11) is 0. The number of anilines is 1. The Hall–Kier alpha value is -2.35. The molecule has 1 saturated heterocycles. The third-order valence-electron chi connectivity index (χ3n) is 3.59. The zero-order valence-corrected chi connectivity index (χ0v) is 13.4. The molecular weight excluding hydrogens is 298 g/mol. The first-order valence-electron chi connectivity index (χ1n) is 7.61. The Balaban J connectivity index is 1.85. The number of hydrogen-bond donors (Lipinski definition) is 3. The summed E-state index contributed by atoms with van der Waals surface area (Å²) in [6.45, 7) is 6.29. The fraction of sp³-hybridized carbons (Fsp3) is 0.533. The Labute approximate surface area is 135 Å². The van der Waals surface area contributed by atoms with Gasteiger partial charge in [-0.2, -0.15) is 0 Å². The van der Waals surface area contributed by atoms with Crippen LogP contribution in [0.15, 0.2) is 18.3 Å². The molecular formula is C15H23N5O3. The van der Waals surface area contributed by atoms with Crippen LogP contribution >= 0.6 is 0 Å². The molecule has 1 aromatic heterocycles. The lowest BCUT2D eigenvalue weighted by Gasteiger charge is -2.32. The van der Waals surface area contributed by atoms with E-state index in [1.54, 1.807) is 13.1 Å². The summed E-state index contributed by atoms with van der Waals surface area (Å²) in [5.41, 5.74) is 5.87. The monoisotopic (exact) mass is 321 g/mol. The van der Waals surface area contributed by atoms with Crippen LogP contribution in [0.2, 0.25) is 0 Å². The van der Waals surface area contributed by atoms with Crippen molar-refractivity contribution >= 4 is 17.8 Å². The van der Waals surface area contributed by atoms with E-state index in [-0.39, 0.29) is 12.0 Å². The molecule has 2 atom stereocenters. The van der Waals surface area contributed by atoms with Crippen LogP contribution in [0, 0.1) is 0 Å². The molecule has 1 aliphatic heterocycles. The molecule has 3 amide bonds. The van der Waals surface area contributed by atoms with E-state index in [1.807, 2.05) is 19.1 Å². The van der Waals surface area contributed by atoms with Gasteiger partial charge in [0.1, 0.15) is 11.9 Å². The van der Waals surface area contributed by atoms with Gasteiger partial charge in [-0.1, -0.05) is 6.07 Å². The molecule has 0 spiro atoms. The molecule has 2 heterocycles. The normalized spacial score (nSPS) is 19.0. The number of morpholine rings is 1. The van der Waals surface area contributed by atoms with E-state index in [4.69, 9.17) is 10.5 Å². The number of carbonyl (C=O) groups excluding carboxylic acids is 2. The minimum absolute atomic E-state index is 0.198. The van der Waals surface area contributed by atoms with E-state index in [0.29, 0.717) is 13.2 Å². The minimum atomic E-state index is -0.724. The Morgan fingerprint density at radius 3 is 2.91 bits per heavy atom. The van der Waals surface area contributed by atoms with E-state index < -0.39 is 12.1 Å². The van der Waals surface area contributed by atoms with Gasteiger partial charge in [-0.15, -0.1) is 0 Å². The molecule has 23 heavy (non-hydrogen) atoms. The third-order valence-corrected chi connectivity index (χ3v) is 3.59. The van der Waals surface area contributed by atoms with Gasteiger partial charge in [0.15, 0.2) is 0 Å². The molecule has 4 N–H and O–H groups in total. The van der Waals surface area contributed by atoms with E-state index in [1.165, 1.54) is 0 Å². The van der Waals surface area contributed by atoms with Crippen molar-refractivity contribution in [1.82, 2.24) is 15.6 Å². The number of primary amides is 1. The second kappa shape index (κ2) is 7.77. The molecule has 8 nitrogen and oxygen atoms in total. The molecule has 0 unspecified atom stereocenters. The molecule has 1 aromatic rings. The molecule has 2 rings (SSSR count). The van der Waals surface area contributed by atoms with Crippen molar-refractivity contribution in [2.24, 2.45) is 5.73 Å². The van der Waals surface area contributed by atoms with Gasteiger partial charge in [-0.25, -0.2) is 9.78 Å². The van der Waals surface area contributed by atoms with Gasteiger partial charge in [0.05, 0.1) is 12.7 Å². The Bertz CT molecular complexity index is 549. The largest absolute Gasteiger partial charge is 0.375 e. The highest BCUT2D eigenvalue weighted by atomic mass is 16.5. The fourth-order valence-corrected chi connectivity index (χ4v) is 2.36. The highest BCUT2D eigenvalue weighted by molar-refractivity contribution is 5.86. The number of rotatable bonds is 5. The van der Waals surface area contributed by atoms with Crippen LogP contribution in [0.1, 0.15) is 19.4 Å². The molecule has 8 heteroatoms. The molecule has 0 radical (unpaired) electrons. The van der Waals surface area contributed by atoms with Gasteiger partial charge in [0.25, 0.3) is 0 Å². The molecule has 1 aliphatic rings. The van der Waals surface area contributed by atoms with Gasteiger partial charge in [-0.3, -0.25) is 4.79 Å². The van der Waals surface area contributed by atoms with Gasteiger partial charge in [-0.05, 0) is 25.5 Å². The van der Waals surface area contributed by atoms with Crippen molar-refractivity contribution in [2.75, 3.05) is 24.6 Å². The van der Waals surface area contributed by atoms with E-state index in [9.17, 15) is 9.59 Å². The topological polar surface area (TPSA) is 110 Å². The number of hydrogen-bond acceptors (Lipinski definition) is 5. The summed E-state index contributed by atoms with van der Waals surface area (Å²) in [4.78, 5) is 29.1. The number of urea groups is 1. The zero-order chi connectivity index (χ0) is 16.8. The third kappa shape index (κ3) is 5.10. The summed E-state index contributed by atoms with van der Waals surface area (Å²) < 4.78 is 5.51. The van der Waals surface area contributed by atoms with Crippen LogP contribution in [0.5, 0.6) is 0 Å². The molecule has 0 aliphatic carbocycles. The van der Waals surface area contributed by atoms with Crippen molar-refractivity contribution in [3.05, 3.63) is 23.9 Å². The molecule has 0 saturated carbocycles. The number of amides is 3. The summed E-state index contributed by atoms with van der Waals surface area (Å²) in [6, 6.07) is 2.47. The lowest BCUT2D eigenvalue weighted by Crippen LogP contribution is -2.46. The summed E-state index contributed by atoms with van der Waals surface area (Å²) in [5, 5.41) is 5.06. The smallest absolute Gasteiger partial charge is 0.312 e. The highest BCUT2D eigenvalue weighted by Crippen LogP contribution is 2.15. The molecule has 0 bridgehead atoms. The van der Waals surface area contributed by atoms with Gasteiger partial charge < -0.3 is 26.0 Å². The number of pyridine rings is 1. The Kier molecular flexibility index (Phi) is 5.75. The predicted molar refractivity (Wildman–Crippen MR) is 85.9 cm³/mol. The first-order chi connectivity index (χ1) is 11.0. The standard InChI is InChI=1S/C15H23N5O3/c1-10-9-20(5-6-23-10)13-4-3-12(7-17-13)8-18-14(21)11(2)19-15(16)22/h3-4,7,10-11H,5-6,8-9H2,1-2H3,(H,18,21)(H3,16,19,22)/t10-,11+/m0/s1. The van der Waals surface area contributed by atoms with E-state index in [2.05, 4.69) is 20.5 Å². The number of nitrogens with one attached hydrogen (secondary N) is 2. The summed E-state index contributed by atoms with van der Waals surface area (Å²) in [6.07, 6.45) is 1.94. The summed E-state index contributed by atoms with van der Waals surface area (Å²) in [5.74, 6) is 0.605. The van der Waals surface area contributed by atoms with Gasteiger partial charge >= 0.3 is 6.03 Å². The summed E-state index contributed by atoms with van der Waals surface area (Å²) >= 11 is 0. The van der Waals surface area contributed by atoms with E-state index in [0.717, 1.165) is 24.5 Å². The van der Waals surface area contributed by atoms with Crippen LogP contribution in [0.3, 0.4) is 0 Å². The van der Waals surface area contributed by atoms with Crippen LogP contribution < -0.4 is 21.3 Å². The maximum atomic E-state index is 11.8. The number of ether oxygens (including phenoxy) is 1. The molecule has 126 valence electrons. The van der Waals surface area contributed by atoms with Crippen LogP contribution in [0.4, 0.5) is 10.6 Å². The lowest BCUT2D eigenvalue weighted by atomic mass is 10.2. The average molecular weight is 321 g/mol. The second-order valence-electron chi connectivity index (χ2n) is 5.60. The number of nitrogens with two attached hydrogens (primary N) is 1. The highest BCUT2D eigenvalue weighted by Gasteiger charge is 2.18. The molecule has 1 fully saturated rings. The van der Waals surface area contributed by atoms with Crippen molar-refractivity contribution in [3.8, 4) is 0 Å². The van der Waals surface area contributed by atoms with Crippen LogP contribution in [0.25, 0.3) is 0 Å². The number of nitrogens with zero attached hydrogens (tertiary/aromatic N) is 2. The number of carbonyl (C=O) groups is 2. The quantitative estimate of drug-likeness (QED) is 0.706. The van der Waals surface area contributed by atoms with Crippen molar-refractivity contribution in [1.29, 1.82) is 0 Å². The first kappa shape index (κ1) is 17.0. The maximum Gasteiger partial charge on any atom is 0.312 e. The van der Waals surface area contributed by atoms with Crippen molar-refractivity contribution in [2.45, 2.75) is 32.5 Å². The average Bonchev–Trinajstić information content (AvgIpc) is 2.52. The molecule has 0 aromatic carbocycles. The lowest BCUT2D eigenvalue weighted by molar-refractivity contribution is -0.122. The van der Waals surface area contributed by atoms with Gasteiger partial charge in [0.2, 0.25) is 5.91 Å². The Morgan fingerprint density at radius 2 is 2.30 bits per heavy atom. The predicted octanol–water partition coefficient (Wildman–Crippen LogP) is -0.0203. The fourth-order valence-electron chi connectivity index (χ4n) is 2.36.